The Morgan fingerprint density at radius 3 is 2.55 bits per heavy atom. The molecule has 2 amide bonds. The Balaban J connectivity index is 1.42. The predicted octanol–water partition coefficient (Wildman–Crippen LogP) is 1.42. The number of nitrogens with one attached hydrogen (secondary N) is 2. The number of aromatic amines is 1. The number of nitrogens with two attached hydrogens (primary N) is 1. The van der Waals surface area contributed by atoms with Gasteiger partial charge in [0.05, 0.1) is 0 Å². The summed E-state index contributed by atoms with van der Waals surface area (Å²) in [7, 11) is 1.40. The van der Waals surface area contributed by atoms with Crippen LogP contribution in [0, 0.1) is 5.92 Å². The van der Waals surface area contributed by atoms with Crippen molar-refractivity contribution in [2.45, 2.75) is 32.3 Å². The Bertz CT molecular complexity index is 1040. The van der Waals surface area contributed by atoms with E-state index < -0.39 is 11.2 Å². The van der Waals surface area contributed by atoms with Gasteiger partial charge in [-0.25, -0.2) is 9.59 Å². The molecular weight excluding hydrogens is 402 g/mol. The number of amides is 2. The lowest BCUT2D eigenvalue weighted by atomic mass is 9.92. The van der Waals surface area contributed by atoms with Crippen molar-refractivity contribution in [3.8, 4) is 0 Å². The minimum Gasteiger partial charge on any atom is -0.445 e. The third-order valence-corrected chi connectivity index (χ3v) is 5.49. The summed E-state index contributed by atoms with van der Waals surface area (Å²) in [6.45, 7) is 1.40. The first-order valence-corrected chi connectivity index (χ1v) is 10.2. The zero-order valence-electron chi connectivity index (χ0n) is 17.4. The fourth-order valence-electron chi connectivity index (χ4n) is 3.51. The number of hydrogen-bond acceptors (Lipinski definition) is 6. The first kappa shape index (κ1) is 22.1. The molecule has 0 saturated carbocycles. The molecule has 166 valence electrons. The first-order chi connectivity index (χ1) is 14.8. The van der Waals surface area contributed by atoms with Crippen LogP contribution in [0.25, 0.3) is 0 Å². The number of benzene rings is 1. The molecule has 0 atom stereocenters. The van der Waals surface area contributed by atoms with Crippen LogP contribution in [0.4, 0.5) is 16.3 Å². The van der Waals surface area contributed by atoms with Gasteiger partial charge < -0.3 is 20.7 Å². The van der Waals surface area contributed by atoms with Crippen molar-refractivity contribution in [1.82, 2.24) is 14.5 Å². The van der Waals surface area contributed by atoms with Gasteiger partial charge in [-0.05, 0) is 30.7 Å². The van der Waals surface area contributed by atoms with E-state index in [1.165, 1.54) is 7.05 Å². The molecule has 1 aliphatic heterocycles. The average Bonchev–Trinajstić information content (AvgIpc) is 2.78. The monoisotopic (exact) mass is 429 g/mol. The van der Waals surface area contributed by atoms with Crippen LogP contribution in [0.15, 0.2) is 39.9 Å². The number of piperidine rings is 1. The fourth-order valence-corrected chi connectivity index (χ4v) is 3.51. The number of rotatable bonds is 6. The van der Waals surface area contributed by atoms with Crippen molar-refractivity contribution in [2.75, 3.05) is 24.1 Å². The van der Waals surface area contributed by atoms with Gasteiger partial charge in [0.2, 0.25) is 5.91 Å². The minimum absolute atomic E-state index is 0.0931. The molecule has 2 aromatic rings. The molecule has 1 saturated heterocycles. The summed E-state index contributed by atoms with van der Waals surface area (Å²) in [6.07, 6.45) is 2.06. The highest BCUT2D eigenvalue weighted by Crippen LogP contribution is 2.23. The topological polar surface area (TPSA) is 140 Å². The summed E-state index contributed by atoms with van der Waals surface area (Å²) in [5, 5.41) is 2.49. The van der Waals surface area contributed by atoms with E-state index >= 15 is 0 Å². The maximum Gasteiger partial charge on any atom is 0.410 e. The van der Waals surface area contributed by atoms with E-state index in [0.29, 0.717) is 25.4 Å². The third-order valence-electron chi connectivity index (χ3n) is 5.49. The summed E-state index contributed by atoms with van der Waals surface area (Å²) in [5.74, 6) is -0.148. The average molecular weight is 429 g/mol. The van der Waals surface area contributed by atoms with Crippen LogP contribution >= 0.6 is 0 Å². The molecule has 2 heterocycles. The van der Waals surface area contributed by atoms with Crippen molar-refractivity contribution < 1.29 is 14.3 Å². The van der Waals surface area contributed by atoms with Crippen LogP contribution in [0.3, 0.4) is 0 Å². The van der Waals surface area contributed by atoms with Crippen molar-refractivity contribution in [3.63, 3.8) is 0 Å². The standard InChI is InChI=1S/C21H27N5O5/c1-25-18(22)17(19(28)24-20(25)29)23-16(27)8-7-14-9-11-26(12-10-14)21(30)31-13-15-5-3-2-4-6-15/h2-6,14H,7-13,22H2,1H3,(H,23,27)(H,24,28,29). The second-order valence-corrected chi connectivity index (χ2v) is 7.64. The number of anilines is 2. The maximum absolute atomic E-state index is 12.3. The number of H-pyrrole nitrogens is 1. The number of carbonyl (C=O) groups excluding carboxylic acids is 2. The number of carbonyl (C=O) groups is 2. The molecule has 0 unspecified atom stereocenters. The molecule has 10 nitrogen and oxygen atoms in total. The van der Waals surface area contributed by atoms with E-state index in [2.05, 4.69) is 10.3 Å². The Hall–Kier alpha value is -3.56. The summed E-state index contributed by atoms with van der Waals surface area (Å²) in [4.78, 5) is 51.7. The van der Waals surface area contributed by atoms with Gasteiger partial charge in [-0.3, -0.25) is 19.1 Å². The molecule has 31 heavy (non-hydrogen) atoms. The SMILES string of the molecule is Cn1c(N)c(NC(=O)CCC2CCN(C(=O)OCc3ccccc3)CC2)c(=O)[nH]c1=O. The van der Waals surface area contributed by atoms with Gasteiger partial charge in [0.15, 0.2) is 0 Å². The van der Waals surface area contributed by atoms with Crippen LogP contribution in [0.1, 0.15) is 31.2 Å². The molecule has 1 aromatic heterocycles. The summed E-state index contributed by atoms with van der Waals surface area (Å²) in [5.41, 5.74) is 5.20. The van der Waals surface area contributed by atoms with E-state index in [9.17, 15) is 19.2 Å². The molecule has 1 fully saturated rings. The molecule has 0 aliphatic carbocycles. The second-order valence-electron chi connectivity index (χ2n) is 7.64. The van der Waals surface area contributed by atoms with E-state index in [4.69, 9.17) is 10.5 Å². The van der Waals surface area contributed by atoms with Gasteiger partial charge in [-0.2, -0.15) is 0 Å². The lowest BCUT2D eigenvalue weighted by Gasteiger charge is -2.31. The van der Waals surface area contributed by atoms with Crippen molar-refractivity contribution in [2.24, 2.45) is 13.0 Å². The van der Waals surface area contributed by atoms with Crippen molar-refractivity contribution in [3.05, 3.63) is 56.7 Å². The number of aromatic nitrogens is 2. The highest BCUT2D eigenvalue weighted by atomic mass is 16.6. The highest BCUT2D eigenvalue weighted by molar-refractivity contribution is 5.92. The van der Waals surface area contributed by atoms with Crippen LogP contribution in [0.2, 0.25) is 0 Å². The van der Waals surface area contributed by atoms with Crippen LogP contribution in [0.5, 0.6) is 0 Å². The van der Waals surface area contributed by atoms with Gasteiger partial charge in [-0.1, -0.05) is 30.3 Å². The van der Waals surface area contributed by atoms with Gasteiger partial charge in [-0.15, -0.1) is 0 Å². The second kappa shape index (κ2) is 9.96. The Kier molecular flexibility index (Phi) is 7.11. The Morgan fingerprint density at radius 1 is 1.19 bits per heavy atom. The maximum atomic E-state index is 12.3. The zero-order valence-corrected chi connectivity index (χ0v) is 17.4. The smallest absolute Gasteiger partial charge is 0.410 e. The lowest BCUT2D eigenvalue weighted by Crippen LogP contribution is -2.39. The molecule has 0 spiro atoms. The van der Waals surface area contributed by atoms with E-state index in [0.717, 1.165) is 23.0 Å². The van der Waals surface area contributed by atoms with Crippen molar-refractivity contribution >= 4 is 23.5 Å². The fraction of sp³-hybridized carbons (Fsp3) is 0.429. The van der Waals surface area contributed by atoms with Gasteiger partial charge >= 0.3 is 11.8 Å². The molecule has 1 aromatic carbocycles. The van der Waals surface area contributed by atoms with Gasteiger partial charge in [0.25, 0.3) is 5.56 Å². The summed E-state index contributed by atoms with van der Waals surface area (Å²) < 4.78 is 6.42. The highest BCUT2D eigenvalue weighted by Gasteiger charge is 2.24. The molecule has 10 heteroatoms. The van der Waals surface area contributed by atoms with Crippen LogP contribution in [-0.2, 0) is 23.2 Å². The Labute approximate surface area is 179 Å². The molecular formula is C21H27N5O5. The van der Waals surface area contributed by atoms with Crippen molar-refractivity contribution in [1.29, 1.82) is 0 Å². The normalized spacial score (nSPS) is 14.3. The Morgan fingerprint density at radius 2 is 1.87 bits per heavy atom. The minimum atomic E-state index is -0.726. The number of hydrogen-bond donors (Lipinski definition) is 3. The van der Waals surface area contributed by atoms with Crippen LogP contribution < -0.4 is 22.3 Å². The number of likely N-dealkylation sites (tertiary alicyclic amines) is 1. The largest absolute Gasteiger partial charge is 0.445 e. The predicted molar refractivity (Wildman–Crippen MR) is 116 cm³/mol. The van der Waals surface area contributed by atoms with Gasteiger partial charge in [0, 0.05) is 26.6 Å². The van der Waals surface area contributed by atoms with E-state index in [1.54, 1.807) is 4.90 Å². The van der Waals surface area contributed by atoms with E-state index in [1.807, 2.05) is 30.3 Å². The van der Waals surface area contributed by atoms with Gasteiger partial charge in [0.1, 0.15) is 18.1 Å². The molecule has 4 N–H and O–H groups in total. The lowest BCUT2D eigenvalue weighted by molar-refractivity contribution is -0.116. The molecule has 0 bridgehead atoms. The zero-order chi connectivity index (χ0) is 22.4. The summed E-state index contributed by atoms with van der Waals surface area (Å²) in [6, 6.07) is 9.51. The number of ether oxygens (including phenoxy) is 1. The quantitative estimate of drug-likeness (QED) is 0.635. The van der Waals surface area contributed by atoms with E-state index in [-0.39, 0.29) is 36.5 Å². The summed E-state index contributed by atoms with van der Waals surface area (Å²) >= 11 is 0. The number of nitrogens with zero attached hydrogens (tertiary/aromatic N) is 2. The first-order valence-electron chi connectivity index (χ1n) is 10.2. The third kappa shape index (κ3) is 5.74. The van der Waals surface area contributed by atoms with Crippen LogP contribution in [-0.4, -0.2) is 39.5 Å². The molecule has 3 rings (SSSR count). The number of nitrogen functional groups attached to an aromatic ring is 1. The molecule has 1 aliphatic rings. The molecule has 0 radical (unpaired) electrons.